The standard InChI is InChI=1S/C16H27N3O2/c1-2-8-17-15(20)13-18-9-11-19(12-10-18)16(21)14-6-4-3-5-7-14/h3-4,14H,2,5-13H2,1H3,(H,17,20). The largest absolute Gasteiger partial charge is 0.355 e. The van der Waals surface area contributed by atoms with Crippen molar-refractivity contribution in [3.8, 4) is 0 Å². The number of nitrogens with one attached hydrogen (secondary N) is 1. The molecule has 1 unspecified atom stereocenters. The molecule has 1 N–H and O–H groups in total. The summed E-state index contributed by atoms with van der Waals surface area (Å²) in [4.78, 5) is 28.2. The number of allylic oxidation sites excluding steroid dienone is 2. The molecule has 118 valence electrons. The SMILES string of the molecule is CCCNC(=O)CN1CCN(C(=O)C2CC=CCC2)CC1. The molecule has 5 heteroatoms. The Morgan fingerprint density at radius 1 is 1.19 bits per heavy atom. The number of carbonyl (C=O) groups is 2. The first-order valence-corrected chi connectivity index (χ1v) is 8.13. The molecule has 2 aliphatic rings. The molecular formula is C16H27N3O2. The van der Waals surface area contributed by atoms with Crippen LogP contribution in [0.5, 0.6) is 0 Å². The lowest BCUT2D eigenvalue weighted by Crippen LogP contribution is -2.52. The van der Waals surface area contributed by atoms with Gasteiger partial charge in [-0.25, -0.2) is 0 Å². The van der Waals surface area contributed by atoms with E-state index in [9.17, 15) is 9.59 Å². The highest BCUT2D eigenvalue weighted by Crippen LogP contribution is 2.21. The zero-order chi connectivity index (χ0) is 15.1. The predicted octanol–water partition coefficient (Wildman–Crippen LogP) is 1.01. The van der Waals surface area contributed by atoms with Gasteiger partial charge in [0.15, 0.2) is 0 Å². The normalized spacial score (nSPS) is 23.1. The molecule has 1 saturated heterocycles. The molecule has 1 atom stereocenters. The maximum atomic E-state index is 12.4. The van der Waals surface area contributed by atoms with Crippen LogP contribution in [0.2, 0.25) is 0 Å². The molecule has 0 saturated carbocycles. The Morgan fingerprint density at radius 2 is 1.95 bits per heavy atom. The Labute approximate surface area is 127 Å². The minimum atomic E-state index is 0.0917. The summed E-state index contributed by atoms with van der Waals surface area (Å²) in [5.74, 6) is 0.567. The van der Waals surface area contributed by atoms with Gasteiger partial charge >= 0.3 is 0 Å². The molecule has 0 aromatic rings. The minimum Gasteiger partial charge on any atom is -0.355 e. The van der Waals surface area contributed by atoms with Gasteiger partial charge in [-0.05, 0) is 25.7 Å². The summed E-state index contributed by atoms with van der Waals surface area (Å²) in [7, 11) is 0. The second-order valence-corrected chi connectivity index (χ2v) is 5.93. The number of carbonyl (C=O) groups excluding carboxylic acids is 2. The molecule has 0 bridgehead atoms. The van der Waals surface area contributed by atoms with Crippen LogP contribution in [0.15, 0.2) is 12.2 Å². The van der Waals surface area contributed by atoms with Gasteiger partial charge in [-0.3, -0.25) is 14.5 Å². The van der Waals surface area contributed by atoms with Crippen LogP contribution in [0, 0.1) is 5.92 Å². The van der Waals surface area contributed by atoms with Crippen LogP contribution < -0.4 is 5.32 Å². The fourth-order valence-electron chi connectivity index (χ4n) is 2.93. The summed E-state index contributed by atoms with van der Waals surface area (Å²) in [5.41, 5.74) is 0. The first-order chi connectivity index (χ1) is 10.2. The third-order valence-electron chi connectivity index (χ3n) is 4.24. The summed E-state index contributed by atoms with van der Waals surface area (Å²) in [6, 6.07) is 0. The van der Waals surface area contributed by atoms with Gasteiger partial charge in [0, 0.05) is 38.6 Å². The Balaban J connectivity index is 1.71. The maximum Gasteiger partial charge on any atom is 0.234 e. The van der Waals surface area contributed by atoms with E-state index in [1.165, 1.54) is 0 Å². The molecule has 2 rings (SSSR count). The topological polar surface area (TPSA) is 52.7 Å². The van der Waals surface area contributed by atoms with Gasteiger partial charge in [-0.1, -0.05) is 19.1 Å². The number of piperazine rings is 1. The highest BCUT2D eigenvalue weighted by Gasteiger charge is 2.27. The third kappa shape index (κ3) is 4.84. The summed E-state index contributed by atoms with van der Waals surface area (Å²) in [6.45, 7) is 6.34. The fourth-order valence-corrected chi connectivity index (χ4v) is 2.93. The molecule has 0 aromatic carbocycles. The molecule has 1 aliphatic heterocycles. The van der Waals surface area contributed by atoms with Crippen molar-refractivity contribution in [3.63, 3.8) is 0 Å². The van der Waals surface area contributed by atoms with Crippen molar-refractivity contribution in [1.82, 2.24) is 15.1 Å². The number of hydrogen-bond donors (Lipinski definition) is 1. The van der Waals surface area contributed by atoms with Crippen LogP contribution in [0.4, 0.5) is 0 Å². The smallest absolute Gasteiger partial charge is 0.234 e. The second kappa shape index (κ2) is 8.17. The molecule has 2 amide bonds. The highest BCUT2D eigenvalue weighted by atomic mass is 16.2. The molecule has 0 aromatic heterocycles. The van der Waals surface area contributed by atoms with E-state index >= 15 is 0 Å². The summed E-state index contributed by atoms with van der Waals surface area (Å²) in [6.07, 6.45) is 8.14. The van der Waals surface area contributed by atoms with Crippen molar-refractivity contribution < 1.29 is 9.59 Å². The van der Waals surface area contributed by atoms with E-state index in [-0.39, 0.29) is 11.8 Å². The summed E-state index contributed by atoms with van der Waals surface area (Å²) >= 11 is 0. The minimum absolute atomic E-state index is 0.0917. The van der Waals surface area contributed by atoms with E-state index in [1.54, 1.807) is 0 Å². The van der Waals surface area contributed by atoms with Crippen molar-refractivity contribution in [2.75, 3.05) is 39.3 Å². The monoisotopic (exact) mass is 293 g/mol. The summed E-state index contributed by atoms with van der Waals surface area (Å²) < 4.78 is 0. The van der Waals surface area contributed by atoms with E-state index in [1.807, 2.05) is 11.8 Å². The van der Waals surface area contributed by atoms with Crippen molar-refractivity contribution in [1.29, 1.82) is 0 Å². The quantitative estimate of drug-likeness (QED) is 0.770. The average Bonchev–Trinajstić information content (AvgIpc) is 2.54. The zero-order valence-corrected chi connectivity index (χ0v) is 13.0. The van der Waals surface area contributed by atoms with Gasteiger partial charge in [-0.2, -0.15) is 0 Å². The van der Waals surface area contributed by atoms with Crippen LogP contribution in [-0.2, 0) is 9.59 Å². The van der Waals surface area contributed by atoms with Gasteiger partial charge in [0.2, 0.25) is 11.8 Å². The average molecular weight is 293 g/mol. The molecule has 1 fully saturated rings. The molecule has 5 nitrogen and oxygen atoms in total. The zero-order valence-electron chi connectivity index (χ0n) is 13.0. The van der Waals surface area contributed by atoms with E-state index in [4.69, 9.17) is 0 Å². The Kier molecular flexibility index (Phi) is 6.23. The lowest BCUT2D eigenvalue weighted by atomic mass is 9.93. The lowest BCUT2D eigenvalue weighted by molar-refractivity contribution is -0.137. The second-order valence-electron chi connectivity index (χ2n) is 5.93. The van der Waals surface area contributed by atoms with Gasteiger partial charge in [-0.15, -0.1) is 0 Å². The first-order valence-electron chi connectivity index (χ1n) is 8.13. The lowest BCUT2D eigenvalue weighted by Gasteiger charge is -2.36. The van der Waals surface area contributed by atoms with E-state index in [2.05, 4.69) is 22.4 Å². The van der Waals surface area contributed by atoms with Crippen LogP contribution in [0.3, 0.4) is 0 Å². The number of hydrogen-bond acceptors (Lipinski definition) is 3. The number of nitrogens with zero attached hydrogens (tertiary/aromatic N) is 2. The van der Waals surface area contributed by atoms with Crippen molar-refractivity contribution in [2.45, 2.75) is 32.6 Å². The fraction of sp³-hybridized carbons (Fsp3) is 0.750. The van der Waals surface area contributed by atoms with E-state index < -0.39 is 0 Å². The molecular weight excluding hydrogens is 266 g/mol. The molecule has 0 radical (unpaired) electrons. The van der Waals surface area contributed by atoms with Gasteiger partial charge in [0.05, 0.1) is 6.54 Å². The van der Waals surface area contributed by atoms with Crippen LogP contribution >= 0.6 is 0 Å². The van der Waals surface area contributed by atoms with E-state index in [0.29, 0.717) is 12.5 Å². The number of amides is 2. The first kappa shape index (κ1) is 16.0. The van der Waals surface area contributed by atoms with Gasteiger partial charge in [0.1, 0.15) is 0 Å². The predicted molar refractivity (Wildman–Crippen MR) is 82.8 cm³/mol. The van der Waals surface area contributed by atoms with Crippen molar-refractivity contribution in [2.24, 2.45) is 5.92 Å². The molecule has 21 heavy (non-hydrogen) atoms. The van der Waals surface area contributed by atoms with Crippen LogP contribution in [0.25, 0.3) is 0 Å². The molecule has 1 heterocycles. The maximum absolute atomic E-state index is 12.4. The third-order valence-corrected chi connectivity index (χ3v) is 4.24. The van der Waals surface area contributed by atoms with Crippen LogP contribution in [-0.4, -0.2) is 60.9 Å². The van der Waals surface area contributed by atoms with Gasteiger partial charge in [0.25, 0.3) is 0 Å². The molecule has 0 spiro atoms. The van der Waals surface area contributed by atoms with E-state index in [0.717, 1.165) is 58.4 Å². The highest BCUT2D eigenvalue weighted by molar-refractivity contribution is 5.79. The summed E-state index contributed by atoms with van der Waals surface area (Å²) in [5, 5.41) is 2.90. The van der Waals surface area contributed by atoms with Crippen molar-refractivity contribution in [3.05, 3.63) is 12.2 Å². The molecule has 1 aliphatic carbocycles. The number of rotatable bonds is 5. The van der Waals surface area contributed by atoms with Crippen molar-refractivity contribution >= 4 is 11.8 Å². The Bertz CT molecular complexity index is 387. The van der Waals surface area contributed by atoms with Crippen LogP contribution in [0.1, 0.15) is 32.6 Å². The van der Waals surface area contributed by atoms with Gasteiger partial charge < -0.3 is 10.2 Å². The Morgan fingerprint density at radius 3 is 2.57 bits per heavy atom. The Hall–Kier alpha value is -1.36.